The van der Waals surface area contributed by atoms with Crippen molar-refractivity contribution in [1.82, 2.24) is 10.2 Å². The second kappa shape index (κ2) is 6.27. The number of ether oxygens (including phenoxy) is 1. The predicted octanol–water partition coefficient (Wildman–Crippen LogP) is 2.89. The molecule has 0 amide bonds. The first-order chi connectivity index (χ1) is 11.2. The number of carbonyl (C=O) groups is 1. The normalized spacial score (nSPS) is 10.3. The van der Waals surface area contributed by atoms with Crippen molar-refractivity contribution in [2.45, 2.75) is 0 Å². The molecule has 5 heteroatoms. The van der Waals surface area contributed by atoms with Crippen LogP contribution in [0, 0.1) is 0 Å². The maximum Gasteiger partial charge on any atom is 0.344 e. The van der Waals surface area contributed by atoms with Crippen LogP contribution >= 0.6 is 0 Å². The van der Waals surface area contributed by atoms with E-state index < -0.39 is 11.5 Å². The first kappa shape index (κ1) is 14.7. The third-order valence-electron chi connectivity index (χ3n) is 3.48. The van der Waals surface area contributed by atoms with Crippen LogP contribution in [0.15, 0.2) is 65.5 Å². The summed E-state index contributed by atoms with van der Waals surface area (Å²) in [6, 6.07) is 18.6. The van der Waals surface area contributed by atoms with Crippen LogP contribution in [0.1, 0.15) is 10.4 Å². The van der Waals surface area contributed by atoms with Crippen LogP contribution in [-0.4, -0.2) is 23.3 Å². The van der Waals surface area contributed by atoms with Crippen molar-refractivity contribution in [2.24, 2.45) is 0 Å². The van der Waals surface area contributed by atoms with Gasteiger partial charge in [-0.3, -0.25) is 4.79 Å². The summed E-state index contributed by atoms with van der Waals surface area (Å²) < 4.78 is 4.78. The van der Waals surface area contributed by atoms with Gasteiger partial charge >= 0.3 is 5.97 Å². The number of rotatable bonds is 3. The molecule has 0 unspecified atom stereocenters. The Hall–Kier alpha value is -3.21. The van der Waals surface area contributed by atoms with E-state index in [1.807, 2.05) is 60.7 Å². The molecule has 1 aromatic heterocycles. The zero-order valence-electron chi connectivity index (χ0n) is 12.4. The summed E-state index contributed by atoms with van der Waals surface area (Å²) >= 11 is 0. The Kier molecular flexibility index (Phi) is 4.01. The van der Waals surface area contributed by atoms with Crippen molar-refractivity contribution in [3.63, 3.8) is 0 Å². The van der Waals surface area contributed by atoms with Gasteiger partial charge in [-0.2, -0.15) is 5.10 Å². The van der Waals surface area contributed by atoms with Gasteiger partial charge in [0, 0.05) is 11.1 Å². The van der Waals surface area contributed by atoms with Gasteiger partial charge < -0.3 is 4.74 Å². The molecule has 0 spiro atoms. The van der Waals surface area contributed by atoms with Crippen LogP contribution < -0.4 is 5.56 Å². The van der Waals surface area contributed by atoms with E-state index in [1.54, 1.807) is 0 Å². The molecule has 0 bridgehead atoms. The molecule has 3 rings (SSSR count). The summed E-state index contributed by atoms with van der Waals surface area (Å²) in [6.45, 7) is 0. The maximum atomic E-state index is 12.2. The predicted molar refractivity (Wildman–Crippen MR) is 87.1 cm³/mol. The highest BCUT2D eigenvalue weighted by atomic mass is 16.5. The number of aromatic amines is 1. The molecule has 0 aliphatic carbocycles. The van der Waals surface area contributed by atoms with Crippen molar-refractivity contribution in [3.8, 4) is 22.4 Å². The molecule has 1 N–H and O–H groups in total. The van der Waals surface area contributed by atoms with E-state index in [-0.39, 0.29) is 5.56 Å². The fourth-order valence-electron chi connectivity index (χ4n) is 2.44. The summed E-state index contributed by atoms with van der Waals surface area (Å²) in [5, 5.41) is 6.54. The van der Waals surface area contributed by atoms with Gasteiger partial charge in [0.05, 0.1) is 12.8 Å². The number of benzene rings is 2. The first-order valence-corrected chi connectivity index (χ1v) is 7.04. The van der Waals surface area contributed by atoms with Gasteiger partial charge in [-0.15, -0.1) is 0 Å². The Morgan fingerprint density at radius 1 is 0.957 bits per heavy atom. The van der Waals surface area contributed by atoms with Gasteiger partial charge in [-0.1, -0.05) is 60.7 Å². The third kappa shape index (κ3) is 2.76. The highest BCUT2D eigenvalue weighted by Crippen LogP contribution is 2.31. The standard InChI is InChI=1S/C18H14N2O3/c1-23-18(22)15-14(12-8-4-2-5-9-12)16(19-20-17(15)21)13-10-6-3-7-11-13/h2-11H,1H3,(H,20,21). The molecule has 23 heavy (non-hydrogen) atoms. The smallest absolute Gasteiger partial charge is 0.344 e. The van der Waals surface area contributed by atoms with Gasteiger partial charge in [0.25, 0.3) is 5.56 Å². The van der Waals surface area contributed by atoms with Crippen molar-refractivity contribution in [1.29, 1.82) is 0 Å². The Morgan fingerprint density at radius 2 is 1.52 bits per heavy atom. The minimum Gasteiger partial charge on any atom is -0.465 e. The lowest BCUT2D eigenvalue weighted by Gasteiger charge is -2.12. The van der Waals surface area contributed by atoms with Crippen LogP contribution in [0.2, 0.25) is 0 Å². The maximum absolute atomic E-state index is 12.2. The fraction of sp³-hybridized carbons (Fsp3) is 0.0556. The monoisotopic (exact) mass is 306 g/mol. The SMILES string of the molecule is COC(=O)c1c(-c2ccccc2)c(-c2ccccc2)n[nH]c1=O. The van der Waals surface area contributed by atoms with E-state index >= 15 is 0 Å². The van der Waals surface area contributed by atoms with E-state index in [0.29, 0.717) is 11.3 Å². The summed E-state index contributed by atoms with van der Waals surface area (Å²) in [6.07, 6.45) is 0. The molecular weight excluding hydrogens is 292 g/mol. The number of aromatic nitrogens is 2. The van der Waals surface area contributed by atoms with E-state index in [4.69, 9.17) is 4.74 Å². The summed E-state index contributed by atoms with van der Waals surface area (Å²) in [5.74, 6) is -0.690. The van der Waals surface area contributed by atoms with Crippen LogP contribution in [0.5, 0.6) is 0 Å². The highest BCUT2D eigenvalue weighted by molar-refractivity contribution is 6.00. The molecule has 0 atom stereocenters. The van der Waals surface area contributed by atoms with Crippen LogP contribution in [-0.2, 0) is 4.74 Å². The van der Waals surface area contributed by atoms with Gasteiger partial charge in [0.15, 0.2) is 0 Å². The lowest BCUT2D eigenvalue weighted by Crippen LogP contribution is -2.22. The number of H-pyrrole nitrogens is 1. The average molecular weight is 306 g/mol. The zero-order chi connectivity index (χ0) is 16.2. The topological polar surface area (TPSA) is 72.0 Å². The molecule has 2 aromatic carbocycles. The van der Waals surface area contributed by atoms with E-state index in [0.717, 1.165) is 11.1 Å². The molecule has 114 valence electrons. The quantitative estimate of drug-likeness (QED) is 0.755. The van der Waals surface area contributed by atoms with E-state index in [2.05, 4.69) is 10.2 Å². The number of nitrogens with one attached hydrogen (secondary N) is 1. The molecule has 0 aliphatic rings. The minimum absolute atomic E-state index is 0.0486. The molecule has 0 saturated heterocycles. The van der Waals surface area contributed by atoms with E-state index in [1.165, 1.54) is 7.11 Å². The largest absolute Gasteiger partial charge is 0.465 e. The van der Waals surface area contributed by atoms with Crippen LogP contribution in [0.4, 0.5) is 0 Å². The van der Waals surface area contributed by atoms with E-state index in [9.17, 15) is 9.59 Å². The van der Waals surface area contributed by atoms with Gasteiger partial charge in [-0.25, -0.2) is 9.89 Å². The number of hydrogen-bond acceptors (Lipinski definition) is 4. The minimum atomic E-state index is -0.690. The van der Waals surface area contributed by atoms with Gasteiger partial charge in [0.1, 0.15) is 5.56 Å². The number of carbonyl (C=O) groups excluding carboxylic acids is 1. The molecule has 0 saturated carbocycles. The molecule has 0 radical (unpaired) electrons. The molecule has 3 aromatic rings. The fourth-order valence-corrected chi connectivity index (χ4v) is 2.44. The third-order valence-corrected chi connectivity index (χ3v) is 3.48. The van der Waals surface area contributed by atoms with Crippen LogP contribution in [0.3, 0.4) is 0 Å². The number of esters is 1. The van der Waals surface area contributed by atoms with Crippen molar-refractivity contribution >= 4 is 5.97 Å². The summed E-state index contributed by atoms with van der Waals surface area (Å²) in [4.78, 5) is 24.3. The second-order valence-electron chi connectivity index (χ2n) is 4.87. The van der Waals surface area contributed by atoms with Crippen molar-refractivity contribution in [3.05, 3.63) is 76.6 Å². The lowest BCUT2D eigenvalue weighted by atomic mass is 9.96. The summed E-state index contributed by atoms with van der Waals surface area (Å²) in [7, 11) is 1.25. The Bertz CT molecular complexity index is 887. The Morgan fingerprint density at radius 3 is 2.09 bits per heavy atom. The number of methoxy groups -OCH3 is 1. The number of nitrogens with zero attached hydrogens (tertiary/aromatic N) is 1. The van der Waals surface area contributed by atoms with Gasteiger partial charge in [0.2, 0.25) is 0 Å². The first-order valence-electron chi connectivity index (χ1n) is 7.04. The Labute approximate surface area is 132 Å². The van der Waals surface area contributed by atoms with Crippen LogP contribution in [0.25, 0.3) is 22.4 Å². The molecule has 1 heterocycles. The molecular formula is C18H14N2O3. The molecule has 0 aliphatic heterocycles. The molecule has 5 nitrogen and oxygen atoms in total. The second-order valence-corrected chi connectivity index (χ2v) is 4.87. The molecule has 0 fully saturated rings. The average Bonchev–Trinajstić information content (AvgIpc) is 2.62. The van der Waals surface area contributed by atoms with Crippen molar-refractivity contribution < 1.29 is 9.53 Å². The highest BCUT2D eigenvalue weighted by Gasteiger charge is 2.23. The summed E-state index contributed by atoms with van der Waals surface area (Å²) in [5.41, 5.74) is 1.89. The number of hydrogen-bond donors (Lipinski definition) is 1. The van der Waals surface area contributed by atoms with Gasteiger partial charge in [-0.05, 0) is 5.56 Å². The lowest BCUT2D eigenvalue weighted by molar-refractivity contribution is 0.0599. The zero-order valence-corrected chi connectivity index (χ0v) is 12.4. The van der Waals surface area contributed by atoms with Crippen molar-refractivity contribution in [2.75, 3.05) is 7.11 Å². The Balaban J connectivity index is 2.38.